The number of carbonyl (C=O) groups is 1. The highest BCUT2D eigenvalue weighted by atomic mass is 19.4. The van der Waals surface area contributed by atoms with Gasteiger partial charge in [-0.2, -0.15) is 13.2 Å². The fourth-order valence-electron chi connectivity index (χ4n) is 2.94. The first kappa shape index (κ1) is 22.7. The topological polar surface area (TPSA) is 91.7 Å². The molecule has 1 aliphatic rings. The summed E-state index contributed by atoms with van der Waals surface area (Å²) in [6, 6.07) is 0.826. The minimum absolute atomic E-state index is 0.0877. The van der Waals surface area contributed by atoms with Gasteiger partial charge in [0.2, 0.25) is 5.95 Å². The number of hydrogen-bond acceptors (Lipinski definition) is 6. The smallest absolute Gasteiger partial charge is 0.433 e. The molecule has 1 aliphatic heterocycles. The normalized spacial score (nSPS) is 15.9. The van der Waals surface area contributed by atoms with E-state index in [-0.39, 0.29) is 24.4 Å². The van der Waals surface area contributed by atoms with Crippen LogP contribution in [-0.4, -0.2) is 66.1 Å². The molecule has 11 heteroatoms. The highest BCUT2D eigenvalue weighted by Gasteiger charge is 2.32. The van der Waals surface area contributed by atoms with Gasteiger partial charge in [0.15, 0.2) is 5.96 Å². The first-order valence-corrected chi connectivity index (χ1v) is 9.69. The Morgan fingerprint density at radius 2 is 2.07 bits per heavy atom. The highest BCUT2D eigenvalue weighted by Crippen LogP contribution is 2.27. The molecule has 0 aromatic carbocycles. The molecular weight excluding hydrogens is 389 g/mol. The van der Waals surface area contributed by atoms with E-state index in [1.54, 1.807) is 6.92 Å². The van der Waals surface area contributed by atoms with Crippen molar-refractivity contribution in [2.75, 3.05) is 44.6 Å². The van der Waals surface area contributed by atoms with Gasteiger partial charge in [-0.15, -0.1) is 0 Å². The van der Waals surface area contributed by atoms with Gasteiger partial charge in [0.25, 0.3) is 0 Å². The standard InChI is InChI=1S/C18H27F3N6O2/c1-3-22-17(27-11-6-13(7-12-27)15(28)29-4-2)25-10-9-24-16-23-8-5-14(26-16)18(19,20)21/h5,8,13H,3-4,6-7,9-12H2,1-2H3,(H,22,25)(H,23,24,26). The quantitative estimate of drug-likeness (QED) is 0.305. The summed E-state index contributed by atoms with van der Waals surface area (Å²) in [7, 11) is 0. The Kier molecular flexibility index (Phi) is 8.47. The predicted octanol–water partition coefficient (Wildman–Crippen LogP) is 2.15. The number of likely N-dealkylation sites (tertiary alicyclic amines) is 1. The van der Waals surface area contributed by atoms with Crippen LogP contribution in [0.25, 0.3) is 0 Å². The van der Waals surface area contributed by atoms with Crippen LogP contribution in [-0.2, 0) is 15.7 Å². The van der Waals surface area contributed by atoms with Gasteiger partial charge >= 0.3 is 12.1 Å². The summed E-state index contributed by atoms with van der Waals surface area (Å²) in [6.07, 6.45) is -2.05. The van der Waals surface area contributed by atoms with Crippen molar-refractivity contribution in [2.24, 2.45) is 10.9 Å². The molecule has 0 aliphatic carbocycles. The minimum Gasteiger partial charge on any atom is -0.466 e. The Morgan fingerprint density at radius 1 is 1.34 bits per heavy atom. The fraction of sp³-hybridized carbons (Fsp3) is 0.667. The van der Waals surface area contributed by atoms with Gasteiger partial charge < -0.3 is 20.3 Å². The number of rotatable bonds is 7. The third-order valence-electron chi connectivity index (χ3n) is 4.35. The third kappa shape index (κ3) is 7.06. The van der Waals surface area contributed by atoms with E-state index in [4.69, 9.17) is 4.74 Å². The van der Waals surface area contributed by atoms with Gasteiger partial charge in [-0.25, -0.2) is 9.97 Å². The van der Waals surface area contributed by atoms with Crippen molar-refractivity contribution in [1.29, 1.82) is 0 Å². The van der Waals surface area contributed by atoms with E-state index in [2.05, 4.69) is 30.5 Å². The van der Waals surface area contributed by atoms with Crippen LogP contribution in [0.15, 0.2) is 17.3 Å². The lowest BCUT2D eigenvalue weighted by molar-refractivity contribution is -0.149. The first-order valence-electron chi connectivity index (χ1n) is 9.69. The van der Waals surface area contributed by atoms with Gasteiger partial charge in [0.1, 0.15) is 5.69 Å². The largest absolute Gasteiger partial charge is 0.466 e. The van der Waals surface area contributed by atoms with Crippen molar-refractivity contribution >= 4 is 17.9 Å². The number of ether oxygens (including phenoxy) is 1. The number of esters is 1. The molecule has 1 aromatic heterocycles. The zero-order valence-electron chi connectivity index (χ0n) is 16.6. The molecule has 162 valence electrons. The second-order valence-electron chi connectivity index (χ2n) is 6.44. The molecule has 2 N–H and O–H groups in total. The molecule has 0 unspecified atom stereocenters. The molecule has 29 heavy (non-hydrogen) atoms. The number of anilines is 1. The molecular formula is C18H27F3N6O2. The second-order valence-corrected chi connectivity index (χ2v) is 6.44. The SMILES string of the molecule is CCNC(=NCCNc1nccc(C(F)(F)F)n1)N1CCC(C(=O)OCC)CC1. The van der Waals surface area contributed by atoms with Crippen LogP contribution in [0.5, 0.6) is 0 Å². The summed E-state index contributed by atoms with van der Waals surface area (Å²) >= 11 is 0. The molecule has 8 nitrogen and oxygen atoms in total. The molecule has 2 heterocycles. The maximum Gasteiger partial charge on any atom is 0.433 e. The number of nitrogens with one attached hydrogen (secondary N) is 2. The average Bonchev–Trinajstić information content (AvgIpc) is 2.70. The zero-order chi connectivity index (χ0) is 21.3. The summed E-state index contributed by atoms with van der Waals surface area (Å²) in [4.78, 5) is 25.7. The molecule has 0 atom stereocenters. The molecule has 0 amide bonds. The van der Waals surface area contributed by atoms with E-state index in [0.29, 0.717) is 51.6 Å². The number of alkyl halides is 3. The third-order valence-corrected chi connectivity index (χ3v) is 4.35. The minimum atomic E-state index is -4.51. The van der Waals surface area contributed by atoms with Gasteiger partial charge in [-0.3, -0.25) is 9.79 Å². The van der Waals surface area contributed by atoms with Crippen molar-refractivity contribution in [3.63, 3.8) is 0 Å². The fourth-order valence-corrected chi connectivity index (χ4v) is 2.94. The lowest BCUT2D eigenvalue weighted by atomic mass is 9.97. The Hall–Kier alpha value is -2.59. The van der Waals surface area contributed by atoms with Crippen LogP contribution in [0.1, 0.15) is 32.4 Å². The number of piperidine rings is 1. The van der Waals surface area contributed by atoms with E-state index in [9.17, 15) is 18.0 Å². The molecule has 0 saturated carbocycles. The second kappa shape index (κ2) is 10.8. The van der Waals surface area contributed by atoms with E-state index < -0.39 is 11.9 Å². The molecule has 2 rings (SSSR count). The Labute approximate surface area is 168 Å². The maximum atomic E-state index is 12.7. The van der Waals surface area contributed by atoms with Crippen LogP contribution in [0.2, 0.25) is 0 Å². The molecule has 0 spiro atoms. The summed E-state index contributed by atoms with van der Waals surface area (Å²) in [5.41, 5.74) is -0.990. The molecule has 0 bridgehead atoms. The van der Waals surface area contributed by atoms with E-state index >= 15 is 0 Å². The monoisotopic (exact) mass is 416 g/mol. The number of halogens is 3. The number of hydrogen-bond donors (Lipinski definition) is 2. The van der Waals surface area contributed by atoms with Crippen molar-refractivity contribution in [1.82, 2.24) is 20.2 Å². The average molecular weight is 416 g/mol. The highest BCUT2D eigenvalue weighted by molar-refractivity contribution is 5.80. The lowest BCUT2D eigenvalue weighted by Gasteiger charge is -2.33. The number of carbonyl (C=O) groups excluding carboxylic acids is 1. The predicted molar refractivity (Wildman–Crippen MR) is 102 cm³/mol. The van der Waals surface area contributed by atoms with Crippen molar-refractivity contribution in [3.05, 3.63) is 18.0 Å². The summed E-state index contributed by atoms with van der Waals surface area (Å²) in [6.45, 7) is 6.79. The molecule has 1 aromatic rings. The Balaban J connectivity index is 1.86. The zero-order valence-corrected chi connectivity index (χ0v) is 16.6. The van der Waals surface area contributed by atoms with Crippen molar-refractivity contribution < 1.29 is 22.7 Å². The van der Waals surface area contributed by atoms with Gasteiger partial charge in [-0.05, 0) is 32.8 Å². The molecule has 1 fully saturated rings. The van der Waals surface area contributed by atoms with Crippen molar-refractivity contribution in [2.45, 2.75) is 32.9 Å². The molecule has 0 radical (unpaired) electrons. The number of aliphatic imine (C=N–C) groups is 1. The number of guanidine groups is 1. The van der Waals surface area contributed by atoms with Crippen LogP contribution < -0.4 is 10.6 Å². The van der Waals surface area contributed by atoms with Gasteiger partial charge in [0.05, 0.1) is 19.1 Å². The van der Waals surface area contributed by atoms with Gasteiger partial charge in [0, 0.05) is 32.4 Å². The van der Waals surface area contributed by atoms with Crippen molar-refractivity contribution in [3.8, 4) is 0 Å². The number of aromatic nitrogens is 2. The Morgan fingerprint density at radius 3 is 2.69 bits per heavy atom. The summed E-state index contributed by atoms with van der Waals surface area (Å²) in [5.74, 6) is 0.380. The van der Waals surface area contributed by atoms with E-state index in [0.717, 1.165) is 12.3 Å². The van der Waals surface area contributed by atoms with E-state index in [1.165, 1.54) is 0 Å². The van der Waals surface area contributed by atoms with Crippen LogP contribution in [0, 0.1) is 5.92 Å². The van der Waals surface area contributed by atoms with Crippen LogP contribution in [0.3, 0.4) is 0 Å². The van der Waals surface area contributed by atoms with Crippen LogP contribution in [0.4, 0.5) is 19.1 Å². The van der Waals surface area contributed by atoms with Gasteiger partial charge in [-0.1, -0.05) is 0 Å². The first-order chi connectivity index (χ1) is 13.8. The molecule has 1 saturated heterocycles. The van der Waals surface area contributed by atoms with Crippen LogP contribution >= 0.6 is 0 Å². The van der Waals surface area contributed by atoms with E-state index in [1.807, 2.05) is 6.92 Å². The maximum absolute atomic E-state index is 12.7. The number of nitrogens with zero attached hydrogens (tertiary/aromatic N) is 4. The summed E-state index contributed by atoms with van der Waals surface area (Å²) < 4.78 is 43.2. The summed E-state index contributed by atoms with van der Waals surface area (Å²) in [5, 5.41) is 5.96. The lowest BCUT2D eigenvalue weighted by Crippen LogP contribution is -2.47. The Bertz CT molecular complexity index is 690.